The van der Waals surface area contributed by atoms with Gasteiger partial charge in [-0.15, -0.1) is 0 Å². The Bertz CT molecular complexity index is 729. The third-order valence-electron chi connectivity index (χ3n) is 2.49. The van der Waals surface area contributed by atoms with E-state index in [0.29, 0.717) is 11.3 Å². The van der Waals surface area contributed by atoms with E-state index in [1.165, 1.54) is 18.2 Å². The predicted octanol–water partition coefficient (Wildman–Crippen LogP) is 0.935. The Labute approximate surface area is 113 Å². The van der Waals surface area contributed by atoms with Crippen molar-refractivity contribution in [3.05, 3.63) is 40.8 Å². The third-order valence-corrected chi connectivity index (χ3v) is 2.49. The molecule has 8 nitrogen and oxygen atoms in total. The van der Waals surface area contributed by atoms with Crippen LogP contribution in [0.1, 0.15) is 32.2 Å². The molecule has 0 aliphatic carbocycles. The number of carbonyl (C=O) groups excluding carboxylic acids is 1. The number of nitrogens with one attached hydrogen (secondary N) is 2. The van der Waals surface area contributed by atoms with Crippen molar-refractivity contribution in [2.24, 2.45) is 0 Å². The summed E-state index contributed by atoms with van der Waals surface area (Å²) in [5.41, 5.74) is 0.800. The highest BCUT2D eigenvalue weighted by molar-refractivity contribution is 6.02. The molecule has 2 rings (SSSR count). The number of anilines is 1. The van der Waals surface area contributed by atoms with E-state index in [2.05, 4.69) is 20.5 Å². The fourth-order valence-corrected chi connectivity index (χ4v) is 1.48. The summed E-state index contributed by atoms with van der Waals surface area (Å²) < 4.78 is 0. The number of nitriles is 1. The van der Waals surface area contributed by atoms with Gasteiger partial charge >= 0.3 is 5.97 Å². The maximum atomic E-state index is 11.9. The molecule has 2 heterocycles. The van der Waals surface area contributed by atoms with Gasteiger partial charge in [0, 0.05) is 6.07 Å². The molecule has 0 atom stereocenters. The quantitative estimate of drug-likeness (QED) is 0.760. The van der Waals surface area contributed by atoms with Gasteiger partial charge < -0.3 is 10.4 Å². The van der Waals surface area contributed by atoms with Crippen molar-refractivity contribution < 1.29 is 14.7 Å². The number of aromatic nitrogens is 3. The first-order valence-corrected chi connectivity index (χ1v) is 5.49. The lowest BCUT2D eigenvalue weighted by molar-refractivity contribution is 0.0690. The second-order valence-corrected chi connectivity index (χ2v) is 3.87. The van der Waals surface area contributed by atoms with Crippen LogP contribution in [-0.4, -0.2) is 32.2 Å². The molecule has 0 saturated carbocycles. The number of nitrogens with zero attached hydrogens (tertiary/aromatic N) is 3. The van der Waals surface area contributed by atoms with Crippen LogP contribution in [0.4, 0.5) is 5.82 Å². The van der Waals surface area contributed by atoms with Gasteiger partial charge in [0.15, 0.2) is 5.82 Å². The summed E-state index contributed by atoms with van der Waals surface area (Å²) in [5, 5.41) is 25.8. The van der Waals surface area contributed by atoms with Crippen LogP contribution in [0.15, 0.2) is 18.2 Å². The number of pyridine rings is 1. The molecular formula is C12H9N5O3. The Morgan fingerprint density at radius 3 is 2.75 bits per heavy atom. The molecule has 0 fully saturated rings. The summed E-state index contributed by atoms with van der Waals surface area (Å²) in [6.07, 6.45) is 0. The van der Waals surface area contributed by atoms with Crippen molar-refractivity contribution >= 4 is 17.7 Å². The van der Waals surface area contributed by atoms with E-state index in [4.69, 9.17) is 10.4 Å². The number of aromatic carboxylic acids is 1. The Hall–Kier alpha value is -3.21. The van der Waals surface area contributed by atoms with Gasteiger partial charge in [-0.3, -0.25) is 9.89 Å². The number of aryl methyl sites for hydroxylation is 1. The molecule has 0 spiro atoms. The molecule has 0 radical (unpaired) electrons. The van der Waals surface area contributed by atoms with Crippen LogP contribution in [-0.2, 0) is 0 Å². The lowest BCUT2D eigenvalue weighted by Gasteiger charge is -2.02. The second kappa shape index (κ2) is 5.19. The Balaban J connectivity index is 2.17. The minimum atomic E-state index is -1.18. The van der Waals surface area contributed by atoms with Crippen LogP contribution >= 0.6 is 0 Å². The van der Waals surface area contributed by atoms with Crippen LogP contribution in [0.25, 0.3) is 0 Å². The van der Waals surface area contributed by atoms with E-state index in [9.17, 15) is 9.59 Å². The zero-order valence-electron chi connectivity index (χ0n) is 10.3. The summed E-state index contributed by atoms with van der Waals surface area (Å²) >= 11 is 0. The zero-order chi connectivity index (χ0) is 14.7. The third kappa shape index (κ3) is 2.62. The van der Waals surface area contributed by atoms with Crippen LogP contribution in [0.5, 0.6) is 0 Å². The molecule has 0 saturated heterocycles. The first-order chi connectivity index (χ1) is 9.51. The topological polar surface area (TPSA) is 132 Å². The van der Waals surface area contributed by atoms with E-state index in [-0.39, 0.29) is 17.2 Å². The van der Waals surface area contributed by atoms with Gasteiger partial charge in [0.25, 0.3) is 5.91 Å². The molecule has 2 aromatic heterocycles. The van der Waals surface area contributed by atoms with Crippen molar-refractivity contribution in [3.8, 4) is 6.07 Å². The average molecular weight is 271 g/mol. The molecule has 2 aromatic rings. The number of hydrogen-bond acceptors (Lipinski definition) is 5. The first-order valence-electron chi connectivity index (χ1n) is 5.49. The van der Waals surface area contributed by atoms with E-state index >= 15 is 0 Å². The number of hydrogen-bond donors (Lipinski definition) is 3. The number of H-pyrrole nitrogens is 1. The standard InChI is InChI=1S/C12H9N5O3/c1-6-7(5-13)2-3-8(14-6)11(18)15-10-4-9(12(19)20)16-17-10/h2-4H,1H3,(H,19,20)(H2,15,16,17,18). The number of carboxylic acids is 1. The predicted molar refractivity (Wildman–Crippen MR) is 67.2 cm³/mol. The Kier molecular flexibility index (Phi) is 3.43. The second-order valence-electron chi connectivity index (χ2n) is 3.87. The smallest absolute Gasteiger partial charge is 0.353 e. The highest BCUT2D eigenvalue weighted by atomic mass is 16.4. The summed E-state index contributed by atoms with van der Waals surface area (Å²) in [7, 11) is 0. The fraction of sp³-hybridized carbons (Fsp3) is 0.0833. The van der Waals surface area contributed by atoms with Crippen molar-refractivity contribution in [1.29, 1.82) is 5.26 Å². The minimum Gasteiger partial charge on any atom is -0.477 e. The highest BCUT2D eigenvalue weighted by Gasteiger charge is 2.13. The summed E-state index contributed by atoms with van der Waals surface area (Å²) in [6.45, 7) is 1.62. The van der Waals surface area contributed by atoms with Gasteiger partial charge in [-0.05, 0) is 19.1 Å². The van der Waals surface area contributed by atoms with Crippen LogP contribution in [0.2, 0.25) is 0 Å². The van der Waals surface area contributed by atoms with Gasteiger partial charge in [-0.25, -0.2) is 9.78 Å². The van der Waals surface area contributed by atoms with E-state index < -0.39 is 11.9 Å². The van der Waals surface area contributed by atoms with Gasteiger partial charge in [0.2, 0.25) is 0 Å². The molecule has 0 unspecified atom stereocenters. The molecular weight excluding hydrogens is 262 g/mol. The van der Waals surface area contributed by atoms with Gasteiger partial charge in [-0.2, -0.15) is 10.4 Å². The summed E-state index contributed by atoms with van der Waals surface area (Å²) in [4.78, 5) is 26.5. The number of carboxylic acid groups (broad SMARTS) is 1. The van der Waals surface area contributed by atoms with Crippen molar-refractivity contribution in [3.63, 3.8) is 0 Å². The lowest BCUT2D eigenvalue weighted by Crippen LogP contribution is -2.14. The molecule has 3 N–H and O–H groups in total. The Morgan fingerprint density at radius 2 is 2.20 bits per heavy atom. The van der Waals surface area contributed by atoms with E-state index in [0.717, 1.165) is 0 Å². The zero-order valence-corrected chi connectivity index (χ0v) is 10.3. The maximum absolute atomic E-state index is 11.9. The normalized spacial score (nSPS) is 9.80. The average Bonchev–Trinajstić information content (AvgIpc) is 2.87. The SMILES string of the molecule is Cc1nc(C(=O)Nc2cc(C(=O)O)[nH]n2)ccc1C#N. The Morgan fingerprint density at radius 1 is 1.45 bits per heavy atom. The van der Waals surface area contributed by atoms with Crippen LogP contribution in [0, 0.1) is 18.3 Å². The monoisotopic (exact) mass is 271 g/mol. The molecule has 0 aliphatic rings. The van der Waals surface area contributed by atoms with Crippen molar-refractivity contribution in [2.45, 2.75) is 6.92 Å². The molecule has 8 heteroatoms. The molecule has 20 heavy (non-hydrogen) atoms. The largest absolute Gasteiger partial charge is 0.477 e. The molecule has 100 valence electrons. The number of amides is 1. The van der Waals surface area contributed by atoms with Gasteiger partial charge in [-0.1, -0.05) is 0 Å². The fourth-order valence-electron chi connectivity index (χ4n) is 1.48. The lowest BCUT2D eigenvalue weighted by atomic mass is 10.2. The van der Waals surface area contributed by atoms with E-state index in [1.54, 1.807) is 6.92 Å². The van der Waals surface area contributed by atoms with Gasteiger partial charge in [0.05, 0.1) is 11.3 Å². The summed E-state index contributed by atoms with van der Waals surface area (Å²) in [6, 6.07) is 6.04. The van der Waals surface area contributed by atoms with E-state index in [1.807, 2.05) is 6.07 Å². The maximum Gasteiger partial charge on any atom is 0.353 e. The first kappa shape index (κ1) is 13.2. The van der Waals surface area contributed by atoms with Crippen molar-refractivity contribution in [2.75, 3.05) is 5.32 Å². The summed E-state index contributed by atoms with van der Waals surface area (Å²) in [5.74, 6) is -1.64. The number of carbonyl (C=O) groups is 2. The molecule has 0 aromatic carbocycles. The molecule has 1 amide bonds. The van der Waals surface area contributed by atoms with Crippen molar-refractivity contribution in [1.82, 2.24) is 15.2 Å². The van der Waals surface area contributed by atoms with Gasteiger partial charge in [0.1, 0.15) is 17.5 Å². The molecule has 0 aliphatic heterocycles. The number of rotatable bonds is 3. The highest BCUT2D eigenvalue weighted by Crippen LogP contribution is 2.09. The minimum absolute atomic E-state index is 0.0798. The van der Waals surface area contributed by atoms with Crippen LogP contribution in [0.3, 0.4) is 0 Å². The number of aromatic amines is 1. The van der Waals surface area contributed by atoms with Crippen LogP contribution < -0.4 is 5.32 Å². The molecule has 0 bridgehead atoms.